The predicted octanol–water partition coefficient (Wildman–Crippen LogP) is 2.56. The van der Waals surface area contributed by atoms with Crippen LogP contribution >= 0.6 is 0 Å². The summed E-state index contributed by atoms with van der Waals surface area (Å²) in [7, 11) is 1.74. The van der Waals surface area contributed by atoms with Gasteiger partial charge in [0.25, 0.3) is 0 Å². The number of fused-ring (bicyclic) bond motifs is 2. The van der Waals surface area contributed by atoms with Crippen LogP contribution in [0.5, 0.6) is 5.75 Å². The Labute approximate surface area is 96.8 Å². The Morgan fingerprint density at radius 1 is 1.38 bits per heavy atom. The van der Waals surface area contributed by atoms with Gasteiger partial charge in [0.05, 0.1) is 7.11 Å². The van der Waals surface area contributed by atoms with E-state index in [1.165, 1.54) is 36.8 Å². The molecule has 16 heavy (non-hydrogen) atoms. The zero-order valence-corrected chi connectivity index (χ0v) is 9.83. The molecule has 1 aromatic rings. The van der Waals surface area contributed by atoms with Crippen molar-refractivity contribution in [2.24, 2.45) is 5.73 Å². The molecule has 0 aromatic heterocycles. The molecule has 1 aromatic carbocycles. The number of benzene rings is 1. The van der Waals surface area contributed by atoms with E-state index >= 15 is 0 Å². The Morgan fingerprint density at radius 3 is 2.81 bits per heavy atom. The second-order valence-electron chi connectivity index (χ2n) is 5.20. The van der Waals surface area contributed by atoms with Crippen LogP contribution < -0.4 is 10.5 Å². The molecule has 2 N–H and O–H groups in total. The molecule has 2 aliphatic rings. The minimum atomic E-state index is 0.496. The second kappa shape index (κ2) is 3.49. The van der Waals surface area contributed by atoms with Crippen LogP contribution in [-0.2, 0) is 5.41 Å². The molecule has 1 fully saturated rings. The first-order valence-corrected chi connectivity index (χ1v) is 6.17. The van der Waals surface area contributed by atoms with Gasteiger partial charge in [-0.1, -0.05) is 6.07 Å². The van der Waals surface area contributed by atoms with E-state index < -0.39 is 0 Å². The van der Waals surface area contributed by atoms with Crippen LogP contribution in [0.3, 0.4) is 0 Å². The fourth-order valence-corrected chi connectivity index (χ4v) is 3.13. The number of rotatable bonds is 2. The SMILES string of the molecule is COc1ccc2c(c1)C1(CCC2CN)CC1. The van der Waals surface area contributed by atoms with Crippen molar-refractivity contribution in [1.29, 1.82) is 0 Å². The van der Waals surface area contributed by atoms with Gasteiger partial charge in [0.15, 0.2) is 0 Å². The van der Waals surface area contributed by atoms with Gasteiger partial charge in [-0.2, -0.15) is 0 Å². The molecular formula is C14H19NO. The summed E-state index contributed by atoms with van der Waals surface area (Å²) in [5.74, 6) is 1.55. The molecular weight excluding hydrogens is 198 g/mol. The highest BCUT2D eigenvalue weighted by molar-refractivity contribution is 5.47. The quantitative estimate of drug-likeness (QED) is 0.826. The molecule has 0 heterocycles. The lowest BCUT2D eigenvalue weighted by atomic mass is 9.74. The van der Waals surface area contributed by atoms with Gasteiger partial charge in [0.1, 0.15) is 5.75 Å². The lowest BCUT2D eigenvalue weighted by Crippen LogP contribution is -2.24. The third-order valence-corrected chi connectivity index (χ3v) is 4.38. The van der Waals surface area contributed by atoms with Gasteiger partial charge in [-0.25, -0.2) is 0 Å². The van der Waals surface area contributed by atoms with Gasteiger partial charge in [0.2, 0.25) is 0 Å². The van der Waals surface area contributed by atoms with Crippen molar-refractivity contribution in [2.45, 2.75) is 37.0 Å². The van der Waals surface area contributed by atoms with E-state index in [1.807, 2.05) is 0 Å². The topological polar surface area (TPSA) is 35.2 Å². The van der Waals surface area contributed by atoms with E-state index in [4.69, 9.17) is 10.5 Å². The summed E-state index contributed by atoms with van der Waals surface area (Å²) in [6.45, 7) is 0.773. The zero-order valence-electron chi connectivity index (χ0n) is 9.83. The fourth-order valence-electron chi connectivity index (χ4n) is 3.13. The predicted molar refractivity (Wildman–Crippen MR) is 64.9 cm³/mol. The van der Waals surface area contributed by atoms with E-state index in [0.717, 1.165) is 12.3 Å². The maximum Gasteiger partial charge on any atom is 0.119 e. The lowest BCUT2D eigenvalue weighted by Gasteiger charge is -2.31. The summed E-state index contributed by atoms with van der Waals surface area (Å²) in [6.07, 6.45) is 5.28. The molecule has 0 aliphatic heterocycles. The molecule has 0 bridgehead atoms. The largest absolute Gasteiger partial charge is 0.497 e. The van der Waals surface area contributed by atoms with Crippen molar-refractivity contribution in [2.75, 3.05) is 13.7 Å². The monoisotopic (exact) mass is 217 g/mol. The maximum absolute atomic E-state index is 5.87. The van der Waals surface area contributed by atoms with Crippen LogP contribution in [-0.4, -0.2) is 13.7 Å². The van der Waals surface area contributed by atoms with Crippen molar-refractivity contribution >= 4 is 0 Å². The van der Waals surface area contributed by atoms with Crippen molar-refractivity contribution in [1.82, 2.24) is 0 Å². The van der Waals surface area contributed by atoms with Crippen molar-refractivity contribution in [3.63, 3.8) is 0 Å². The first-order valence-electron chi connectivity index (χ1n) is 6.17. The Kier molecular flexibility index (Phi) is 2.21. The molecule has 1 atom stereocenters. The fraction of sp³-hybridized carbons (Fsp3) is 0.571. The van der Waals surface area contributed by atoms with Gasteiger partial charge in [0, 0.05) is 0 Å². The average molecular weight is 217 g/mol. The molecule has 1 saturated carbocycles. The molecule has 2 heteroatoms. The van der Waals surface area contributed by atoms with Crippen LogP contribution in [0.15, 0.2) is 18.2 Å². The van der Waals surface area contributed by atoms with Gasteiger partial charge in [-0.3, -0.25) is 0 Å². The maximum atomic E-state index is 5.87. The first-order chi connectivity index (χ1) is 7.79. The van der Waals surface area contributed by atoms with Gasteiger partial charge >= 0.3 is 0 Å². The third kappa shape index (κ3) is 1.36. The van der Waals surface area contributed by atoms with E-state index in [1.54, 1.807) is 7.11 Å². The molecule has 1 spiro atoms. The Balaban J connectivity index is 2.08. The molecule has 0 amide bonds. The number of ether oxygens (including phenoxy) is 1. The summed E-state index contributed by atoms with van der Waals surface area (Å²) in [6, 6.07) is 6.54. The summed E-state index contributed by atoms with van der Waals surface area (Å²) < 4.78 is 5.34. The van der Waals surface area contributed by atoms with E-state index in [2.05, 4.69) is 18.2 Å². The van der Waals surface area contributed by atoms with Crippen LogP contribution in [0.2, 0.25) is 0 Å². The summed E-state index contributed by atoms with van der Waals surface area (Å²) in [5, 5.41) is 0. The van der Waals surface area contributed by atoms with Crippen LogP contribution in [0.4, 0.5) is 0 Å². The average Bonchev–Trinajstić information content (AvgIpc) is 3.10. The Bertz CT molecular complexity index is 409. The second-order valence-corrected chi connectivity index (χ2v) is 5.20. The van der Waals surface area contributed by atoms with Gasteiger partial charge in [-0.05, 0) is 66.8 Å². The van der Waals surface area contributed by atoms with Crippen molar-refractivity contribution < 1.29 is 4.74 Å². The number of methoxy groups -OCH3 is 1. The molecule has 86 valence electrons. The summed E-state index contributed by atoms with van der Waals surface area (Å²) in [4.78, 5) is 0. The Morgan fingerprint density at radius 2 is 2.19 bits per heavy atom. The van der Waals surface area contributed by atoms with E-state index in [0.29, 0.717) is 11.3 Å². The summed E-state index contributed by atoms with van der Waals surface area (Å²) >= 11 is 0. The highest BCUT2D eigenvalue weighted by Crippen LogP contribution is 2.58. The summed E-state index contributed by atoms with van der Waals surface area (Å²) in [5.41, 5.74) is 9.36. The highest BCUT2D eigenvalue weighted by Gasteiger charge is 2.48. The molecule has 1 unspecified atom stereocenters. The van der Waals surface area contributed by atoms with E-state index in [-0.39, 0.29) is 0 Å². The third-order valence-electron chi connectivity index (χ3n) is 4.38. The molecule has 0 saturated heterocycles. The van der Waals surface area contributed by atoms with Crippen molar-refractivity contribution in [3.8, 4) is 5.75 Å². The molecule has 0 radical (unpaired) electrons. The molecule has 3 rings (SSSR count). The number of hydrogen-bond donors (Lipinski definition) is 1. The molecule has 2 nitrogen and oxygen atoms in total. The Hall–Kier alpha value is -1.02. The standard InChI is InChI=1S/C14H19NO/c1-16-11-2-3-12-10(9-15)4-5-14(6-7-14)13(12)8-11/h2-3,8,10H,4-7,9,15H2,1H3. The smallest absolute Gasteiger partial charge is 0.119 e. The van der Waals surface area contributed by atoms with Gasteiger partial charge in [-0.15, -0.1) is 0 Å². The van der Waals surface area contributed by atoms with Crippen molar-refractivity contribution in [3.05, 3.63) is 29.3 Å². The minimum Gasteiger partial charge on any atom is -0.497 e. The van der Waals surface area contributed by atoms with Crippen LogP contribution in [0.25, 0.3) is 0 Å². The number of hydrogen-bond acceptors (Lipinski definition) is 2. The number of nitrogens with two attached hydrogens (primary N) is 1. The first kappa shape index (κ1) is 10.2. The highest BCUT2D eigenvalue weighted by atomic mass is 16.5. The lowest BCUT2D eigenvalue weighted by molar-refractivity contribution is 0.409. The molecule has 2 aliphatic carbocycles. The zero-order chi connectivity index (χ0) is 11.2. The van der Waals surface area contributed by atoms with Crippen LogP contribution in [0.1, 0.15) is 42.7 Å². The van der Waals surface area contributed by atoms with Crippen LogP contribution in [0, 0.1) is 0 Å². The normalized spacial score (nSPS) is 25.2. The van der Waals surface area contributed by atoms with Gasteiger partial charge < -0.3 is 10.5 Å². The van der Waals surface area contributed by atoms with E-state index in [9.17, 15) is 0 Å². The minimum absolute atomic E-state index is 0.496.